The zero-order chi connectivity index (χ0) is 10.3. The third kappa shape index (κ3) is 1.78. The Labute approximate surface area is 87.3 Å². The monoisotopic (exact) mass is 203 g/mol. The Hall–Kier alpha value is -1.62. The van der Waals surface area contributed by atoms with Crippen LogP contribution in [0.3, 0.4) is 0 Å². The van der Waals surface area contributed by atoms with Gasteiger partial charge in [0.2, 0.25) is 0 Å². The number of aromatic nitrogens is 3. The summed E-state index contributed by atoms with van der Waals surface area (Å²) in [4.78, 5) is 4.39. The van der Waals surface area contributed by atoms with E-state index >= 15 is 0 Å². The third-order valence-electron chi connectivity index (χ3n) is 2.52. The summed E-state index contributed by atoms with van der Waals surface area (Å²) in [6.07, 6.45) is 4.34. The van der Waals surface area contributed by atoms with Crippen LogP contribution >= 0.6 is 0 Å². The maximum absolute atomic E-state index is 5.66. The van der Waals surface area contributed by atoms with Gasteiger partial charge < -0.3 is 11.1 Å². The minimum atomic E-state index is 0.682. The Balaban J connectivity index is 1.84. The molecule has 0 aliphatic heterocycles. The smallest absolute Gasteiger partial charge is 0.165 e. The van der Waals surface area contributed by atoms with Crippen molar-refractivity contribution in [3.05, 3.63) is 24.2 Å². The molecule has 1 aliphatic carbocycles. The van der Waals surface area contributed by atoms with Gasteiger partial charge in [0.25, 0.3) is 0 Å². The largest absolute Gasteiger partial charge is 0.397 e. The van der Waals surface area contributed by atoms with Gasteiger partial charge in [0.1, 0.15) is 0 Å². The van der Waals surface area contributed by atoms with Gasteiger partial charge in [-0.2, -0.15) is 0 Å². The molecule has 0 aromatic carbocycles. The molecule has 1 aliphatic rings. The zero-order valence-electron chi connectivity index (χ0n) is 8.35. The molecule has 2 aromatic rings. The molecule has 0 bridgehead atoms. The molecular formula is C10H13N5. The maximum atomic E-state index is 5.66. The van der Waals surface area contributed by atoms with Crippen molar-refractivity contribution in [2.75, 3.05) is 5.73 Å². The van der Waals surface area contributed by atoms with Gasteiger partial charge in [-0.05, 0) is 25.0 Å². The summed E-state index contributed by atoms with van der Waals surface area (Å²) < 4.78 is 1.72. The number of nitrogens with two attached hydrogens (primary N) is 1. The van der Waals surface area contributed by atoms with E-state index in [1.807, 2.05) is 12.1 Å². The van der Waals surface area contributed by atoms with E-state index in [1.165, 1.54) is 12.8 Å². The molecule has 0 unspecified atom stereocenters. The first-order valence-corrected chi connectivity index (χ1v) is 5.15. The van der Waals surface area contributed by atoms with Crippen molar-refractivity contribution >= 4 is 11.3 Å². The summed E-state index contributed by atoms with van der Waals surface area (Å²) in [5, 5.41) is 7.72. The average molecular weight is 203 g/mol. The Bertz CT molecular complexity index is 486. The van der Waals surface area contributed by atoms with Crippen LogP contribution in [-0.4, -0.2) is 20.6 Å². The van der Waals surface area contributed by atoms with Crippen LogP contribution in [-0.2, 0) is 6.54 Å². The molecule has 5 heteroatoms. The third-order valence-corrected chi connectivity index (χ3v) is 2.52. The Kier molecular flexibility index (Phi) is 1.85. The van der Waals surface area contributed by atoms with Crippen molar-refractivity contribution in [3.63, 3.8) is 0 Å². The number of hydrogen-bond donors (Lipinski definition) is 2. The van der Waals surface area contributed by atoms with E-state index in [0.29, 0.717) is 11.7 Å². The fourth-order valence-corrected chi connectivity index (χ4v) is 1.54. The van der Waals surface area contributed by atoms with Gasteiger partial charge in [-0.3, -0.25) is 0 Å². The van der Waals surface area contributed by atoms with Crippen LogP contribution < -0.4 is 11.1 Å². The highest BCUT2D eigenvalue weighted by Crippen LogP contribution is 2.18. The second kappa shape index (κ2) is 3.20. The molecule has 1 saturated carbocycles. The number of nitrogen functional groups attached to an aromatic ring is 1. The van der Waals surface area contributed by atoms with Gasteiger partial charge >= 0.3 is 0 Å². The van der Waals surface area contributed by atoms with E-state index in [2.05, 4.69) is 15.4 Å². The number of nitrogens with one attached hydrogen (secondary N) is 1. The summed E-state index contributed by atoms with van der Waals surface area (Å²) in [6, 6.07) is 4.40. The first-order valence-electron chi connectivity index (χ1n) is 5.15. The highest BCUT2D eigenvalue weighted by Gasteiger charge is 2.20. The molecule has 0 radical (unpaired) electrons. The van der Waals surface area contributed by atoms with Crippen LogP contribution in [0.5, 0.6) is 0 Å². The molecule has 3 N–H and O–H groups in total. The van der Waals surface area contributed by atoms with Crippen LogP contribution in [0.2, 0.25) is 0 Å². The number of hydrogen-bond acceptors (Lipinski definition) is 4. The van der Waals surface area contributed by atoms with E-state index in [1.54, 1.807) is 10.7 Å². The van der Waals surface area contributed by atoms with E-state index < -0.39 is 0 Å². The van der Waals surface area contributed by atoms with Crippen LogP contribution in [0.1, 0.15) is 18.7 Å². The second-order valence-corrected chi connectivity index (χ2v) is 3.95. The zero-order valence-corrected chi connectivity index (χ0v) is 8.35. The van der Waals surface area contributed by atoms with Gasteiger partial charge in [0.05, 0.1) is 18.4 Å². The summed E-state index contributed by atoms with van der Waals surface area (Å²) in [7, 11) is 0. The Morgan fingerprint density at radius 3 is 3.13 bits per heavy atom. The maximum Gasteiger partial charge on any atom is 0.165 e. The molecule has 0 amide bonds. The number of nitrogens with zero attached hydrogens (tertiary/aromatic N) is 3. The number of anilines is 1. The van der Waals surface area contributed by atoms with Crippen molar-refractivity contribution in [1.82, 2.24) is 19.9 Å². The molecule has 0 atom stereocenters. The predicted molar refractivity (Wildman–Crippen MR) is 57.3 cm³/mol. The number of rotatable bonds is 3. The molecule has 5 nitrogen and oxygen atoms in total. The molecule has 2 aromatic heterocycles. The molecule has 78 valence electrons. The SMILES string of the molecule is Nc1ccc2nc(CNC3CC3)nn2c1. The lowest BCUT2D eigenvalue weighted by molar-refractivity contribution is 0.657. The van der Waals surface area contributed by atoms with Crippen LogP contribution in [0.15, 0.2) is 18.3 Å². The first-order chi connectivity index (χ1) is 7.31. The van der Waals surface area contributed by atoms with E-state index in [-0.39, 0.29) is 0 Å². The van der Waals surface area contributed by atoms with Crippen LogP contribution in [0, 0.1) is 0 Å². The lowest BCUT2D eigenvalue weighted by Crippen LogP contribution is -2.16. The highest BCUT2D eigenvalue weighted by atomic mass is 15.3. The minimum absolute atomic E-state index is 0.682. The molecule has 2 heterocycles. The molecule has 3 rings (SSSR count). The summed E-state index contributed by atoms with van der Waals surface area (Å²) in [6.45, 7) is 0.742. The van der Waals surface area contributed by atoms with Crippen molar-refractivity contribution in [2.24, 2.45) is 0 Å². The quantitative estimate of drug-likeness (QED) is 0.765. The highest BCUT2D eigenvalue weighted by molar-refractivity contribution is 5.46. The number of pyridine rings is 1. The molecule has 0 spiro atoms. The first kappa shape index (κ1) is 8.67. The molecule has 15 heavy (non-hydrogen) atoms. The minimum Gasteiger partial charge on any atom is -0.397 e. The van der Waals surface area contributed by atoms with Gasteiger partial charge in [0, 0.05) is 6.04 Å². The normalized spacial score (nSPS) is 16.0. The van der Waals surface area contributed by atoms with Crippen molar-refractivity contribution in [3.8, 4) is 0 Å². The van der Waals surface area contributed by atoms with Gasteiger partial charge in [-0.25, -0.2) is 9.50 Å². The predicted octanol–water partition coefficient (Wildman–Crippen LogP) is 0.563. The average Bonchev–Trinajstić information content (AvgIpc) is 2.95. The van der Waals surface area contributed by atoms with Gasteiger partial charge in [0.15, 0.2) is 11.5 Å². The topological polar surface area (TPSA) is 68.2 Å². The molecule has 1 fully saturated rings. The molecular weight excluding hydrogens is 190 g/mol. The fraction of sp³-hybridized carbons (Fsp3) is 0.400. The van der Waals surface area contributed by atoms with Gasteiger partial charge in [-0.1, -0.05) is 0 Å². The summed E-state index contributed by atoms with van der Waals surface area (Å²) in [5.74, 6) is 0.826. The van der Waals surface area contributed by atoms with Gasteiger partial charge in [-0.15, -0.1) is 5.10 Å². The number of fused-ring (bicyclic) bond motifs is 1. The standard InChI is InChI=1S/C10H13N5/c11-7-1-4-10-13-9(14-15(10)6-7)5-12-8-2-3-8/h1,4,6,8,12H,2-3,5,11H2. The van der Waals surface area contributed by atoms with Crippen LogP contribution in [0.4, 0.5) is 5.69 Å². The lowest BCUT2D eigenvalue weighted by Gasteiger charge is -1.95. The van der Waals surface area contributed by atoms with Crippen molar-refractivity contribution in [2.45, 2.75) is 25.4 Å². The van der Waals surface area contributed by atoms with E-state index in [4.69, 9.17) is 5.73 Å². The van der Waals surface area contributed by atoms with Crippen LogP contribution in [0.25, 0.3) is 5.65 Å². The van der Waals surface area contributed by atoms with E-state index in [0.717, 1.165) is 18.0 Å². The molecule has 0 saturated heterocycles. The second-order valence-electron chi connectivity index (χ2n) is 3.95. The van der Waals surface area contributed by atoms with Crippen molar-refractivity contribution < 1.29 is 0 Å². The lowest BCUT2D eigenvalue weighted by atomic mass is 10.4. The summed E-state index contributed by atoms with van der Waals surface area (Å²) >= 11 is 0. The fourth-order valence-electron chi connectivity index (χ4n) is 1.54. The van der Waals surface area contributed by atoms with E-state index in [9.17, 15) is 0 Å². The van der Waals surface area contributed by atoms with Crippen molar-refractivity contribution in [1.29, 1.82) is 0 Å². The Morgan fingerprint density at radius 2 is 2.33 bits per heavy atom. The summed E-state index contributed by atoms with van der Waals surface area (Å²) in [5.41, 5.74) is 7.21. The Morgan fingerprint density at radius 1 is 1.47 bits per heavy atom.